The lowest BCUT2D eigenvalue weighted by atomic mass is 10.5. The lowest BCUT2D eigenvalue weighted by Gasteiger charge is -2.17. The molecule has 0 saturated carbocycles. The van der Waals surface area contributed by atoms with Crippen LogP contribution in [0.5, 0.6) is 0 Å². The molecule has 0 aromatic carbocycles. The van der Waals surface area contributed by atoms with E-state index in [1.54, 1.807) is 6.92 Å². The molecule has 0 atom stereocenters. The zero-order valence-electron chi connectivity index (χ0n) is 8.29. The van der Waals surface area contributed by atoms with E-state index in [2.05, 4.69) is 10.1 Å². The fraction of sp³-hybridized carbons (Fsp3) is 0.750. The second-order valence-electron chi connectivity index (χ2n) is 2.44. The largest absolute Gasteiger partial charge is 0.453 e. The molecule has 0 spiro atoms. The predicted molar refractivity (Wildman–Crippen MR) is 48.3 cm³/mol. The molecular weight excluding hydrogens is 172 g/mol. The van der Waals surface area contributed by atoms with Gasteiger partial charge in [-0.25, -0.2) is 4.79 Å². The van der Waals surface area contributed by atoms with Crippen LogP contribution in [0.15, 0.2) is 0 Å². The highest BCUT2D eigenvalue weighted by atomic mass is 16.5. The van der Waals surface area contributed by atoms with Crippen molar-refractivity contribution >= 4 is 12.0 Å². The van der Waals surface area contributed by atoms with Crippen LogP contribution >= 0.6 is 0 Å². The summed E-state index contributed by atoms with van der Waals surface area (Å²) in [6, 6.07) is 0. The zero-order valence-corrected chi connectivity index (χ0v) is 8.29. The van der Waals surface area contributed by atoms with E-state index in [1.165, 1.54) is 12.0 Å². The molecule has 0 rings (SSSR count). The average molecular weight is 188 g/mol. The number of carbonyl (C=O) groups is 2. The van der Waals surface area contributed by atoms with Crippen LogP contribution in [0, 0.1) is 0 Å². The first-order valence-corrected chi connectivity index (χ1v) is 4.25. The molecule has 5 nitrogen and oxygen atoms in total. The fourth-order valence-electron chi connectivity index (χ4n) is 0.861. The molecule has 0 heterocycles. The number of likely N-dealkylation sites (N-methyl/N-ethyl adjacent to an activating group) is 2. The van der Waals surface area contributed by atoms with E-state index in [0.29, 0.717) is 13.1 Å². The first kappa shape index (κ1) is 11.7. The van der Waals surface area contributed by atoms with Gasteiger partial charge in [-0.1, -0.05) is 0 Å². The summed E-state index contributed by atoms with van der Waals surface area (Å²) in [5.74, 6) is -0.172. The summed E-state index contributed by atoms with van der Waals surface area (Å²) in [4.78, 5) is 23.4. The highest BCUT2D eigenvalue weighted by molar-refractivity contribution is 5.82. The molecule has 5 heteroatoms. The number of ether oxygens (including phenoxy) is 1. The predicted octanol–water partition coefficient (Wildman–Crippen LogP) is 0.211. The van der Waals surface area contributed by atoms with E-state index in [4.69, 9.17) is 0 Å². The Hall–Kier alpha value is -1.26. The molecule has 0 radical (unpaired) electrons. The van der Waals surface area contributed by atoms with Crippen LogP contribution in [0.3, 0.4) is 0 Å². The molecule has 0 bridgehead atoms. The quantitative estimate of drug-likeness (QED) is 0.686. The fourth-order valence-corrected chi connectivity index (χ4v) is 0.861. The lowest BCUT2D eigenvalue weighted by Crippen LogP contribution is -2.40. The number of carbonyl (C=O) groups excluding carboxylic acids is 2. The molecule has 0 aromatic heterocycles. The average Bonchev–Trinajstić information content (AvgIpc) is 2.13. The van der Waals surface area contributed by atoms with Crippen LogP contribution in [0.25, 0.3) is 0 Å². The van der Waals surface area contributed by atoms with Gasteiger partial charge in [-0.3, -0.25) is 9.69 Å². The van der Waals surface area contributed by atoms with E-state index >= 15 is 0 Å². The standard InChI is InChI=1S/C8H16N2O3/c1-4-9-7(11)6-10(5-2)8(12)13-3/h4-6H2,1-3H3,(H,9,11). The number of hydrogen-bond donors (Lipinski definition) is 1. The molecule has 0 aromatic rings. The van der Waals surface area contributed by atoms with Crippen LogP contribution in [0.1, 0.15) is 13.8 Å². The molecule has 76 valence electrons. The van der Waals surface area contributed by atoms with Gasteiger partial charge in [-0.05, 0) is 13.8 Å². The smallest absolute Gasteiger partial charge is 0.409 e. The van der Waals surface area contributed by atoms with Gasteiger partial charge < -0.3 is 10.1 Å². The molecular formula is C8H16N2O3. The van der Waals surface area contributed by atoms with Crippen molar-refractivity contribution in [1.82, 2.24) is 10.2 Å². The second kappa shape index (κ2) is 6.28. The Kier molecular flexibility index (Phi) is 5.67. The van der Waals surface area contributed by atoms with Gasteiger partial charge >= 0.3 is 6.09 Å². The van der Waals surface area contributed by atoms with Crippen LogP contribution in [-0.2, 0) is 9.53 Å². The minimum atomic E-state index is -0.478. The number of nitrogens with zero attached hydrogens (tertiary/aromatic N) is 1. The highest BCUT2D eigenvalue weighted by Crippen LogP contribution is 1.91. The molecule has 0 fully saturated rings. The topological polar surface area (TPSA) is 58.6 Å². The van der Waals surface area contributed by atoms with Gasteiger partial charge in [-0.2, -0.15) is 0 Å². The summed E-state index contributed by atoms with van der Waals surface area (Å²) in [7, 11) is 1.29. The molecule has 0 unspecified atom stereocenters. The maximum atomic E-state index is 11.1. The Bertz CT molecular complexity index is 182. The molecule has 1 N–H and O–H groups in total. The zero-order chi connectivity index (χ0) is 10.3. The highest BCUT2D eigenvalue weighted by Gasteiger charge is 2.14. The number of nitrogens with one attached hydrogen (secondary N) is 1. The molecule has 13 heavy (non-hydrogen) atoms. The van der Waals surface area contributed by atoms with Crippen molar-refractivity contribution in [2.24, 2.45) is 0 Å². The minimum Gasteiger partial charge on any atom is -0.453 e. The molecule has 0 saturated heterocycles. The summed E-state index contributed by atoms with van der Waals surface area (Å²) in [5.41, 5.74) is 0. The minimum absolute atomic E-state index is 0.0526. The monoisotopic (exact) mass is 188 g/mol. The van der Waals surface area contributed by atoms with E-state index in [0.717, 1.165) is 0 Å². The van der Waals surface area contributed by atoms with Gasteiger partial charge in [-0.15, -0.1) is 0 Å². The van der Waals surface area contributed by atoms with E-state index in [-0.39, 0.29) is 12.5 Å². The van der Waals surface area contributed by atoms with Crippen molar-refractivity contribution in [3.05, 3.63) is 0 Å². The Morgan fingerprint density at radius 1 is 1.38 bits per heavy atom. The number of methoxy groups -OCH3 is 1. The van der Waals surface area contributed by atoms with E-state index < -0.39 is 6.09 Å². The summed E-state index contributed by atoms with van der Waals surface area (Å²) in [6.45, 7) is 4.70. The summed E-state index contributed by atoms with van der Waals surface area (Å²) in [6.07, 6.45) is -0.478. The number of rotatable bonds is 4. The lowest BCUT2D eigenvalue weighted by molar-refractivity contribution is -0.121. The van der Waals surface area contributed by atoms with Gasteiger partial charge in [0, 0.05) is 13.1 Å². The van der Waals surface area contributed by atoms with Crippen molar-refractivity contribution < 1.29 is 14.3 Å². The Labute approximate surface area is 78.0 Å². The Morgan fingerprint density at radius 2 is 2.00 bits per heavy atom. The van der Waals surface area contributed by atoms with Crippen LogP contribution in [-0.4, -0.2) is 43.6 Å². The number of hydrogen-bond acceptors (Lipinski definition) is 3. The van der Waals surface area contributed by atoms with Gasteiger partial charge in [0.1, 0.15) is 6.54 Å². The Balaban J connectivity index is 3.97. The van der Waals surface area contributed by atoms with Crippen LogP contribution < -0.4 is 5.32 Å². The SMILES string of the molecule is CCNC(=O)CN(CC)C(=O)OC. The number of amides is 2. The third-order valence-electron chi connectivity index (χ3n) is 1.52. The van der Waals surface area contributed by atoms with Gasteiger partial charge in [0.05, 0.1) is 7.11 Å². The van der Waals surface area contributed by atoms with Crippen molar-refractivity contribution in [3.63, 3.8) is 0 Å². The summed E-state index contributed by atoms with van der Waals surface area (Å²) >= 11 is 0. The van der Waals surface area contributed by atoms with Crippen LogP contribution in [0.2, 0.25) is 0 Å². The van der Waals surface area contributed by atoms with E-state index in [1.807, 2.05) is 6.92 Å². The normalized spacial score (nSPS) is 9.15. The third kappa shape index (κ3) is 4.35. The maximum Gasteiger partial charge on any atom is 0.409 e. The Morgan fingerprint density at radius 3 is 2.38 bits per heavy atom. The third-order valence-corrected chi connectivity index (χ3v) is 1.52. The van der Waals surface area contributed by atoms with Crippen molar-refractivity contribution in [2.75, 3.05) is 26.7 Å². The first-order valence-electron chi connectivity index (χ1n) is 4.25. The van der Waals surface area contributed by atoms with E-state index in [9.17, 15) is 9.59 Å². The van der Waals surface area contributed by atoms with Crippen molar-refractivity contribution in [2.45, 2.75) is 13.8 Å². The van der Waals surface area contributed by atoms with Gasteiger partial charge in [0.25, 0.3) is 0 Å². The summed E-state index contributed by atoms with van der Waals surface area (Å²) in [5, 5.41) is 2.60. The van der Waals surface area contributed by atoms with Crippen molar-refractivity contribution in [3.8, 4) is 0 Å². The van der Waals surface area contributed by atoms with Gasteiger partial charge in [0.15, 0.2) is 0 Å². The van der Waals surface area contributed by atoms with Crippen molar-refractivity contribution in [1.29, 1.82) is 0 Å². The maximum absolute atomic E-state index is 11.1. The van der Waals surface area contributed by atoms with Crippen LogP contribution in [0.4, 0.5) is 4.79 Å². The first-order chi connectivity index (χ1) is 6.15. The summed E-state index contributed by atoms with van der Waals surface area (Å²) < 4.78 is 4.49. The molecule has 0 aliphatic rings. The molecule has 0 aliphatic heterocycles. The molecule has 2 amide bonds. The van der Waals surface area contributed by atoms with Gasteiger partial charge in [0.2, 0.25) is 5.91 Å². The molecule has 0 aliphatic carbocycles. The second-order valence-corrected chi connectivity index (χ2v) is 2.44.